The number of likely N-dealkylation sites (N-methyl/N-ethyl adjacent to an activating group) is 1. The van der Waals surface area contributed by atoms with E-state index in [0.717, 1.165) is 36.8 Å². The van der Waals surface area contributed by atoms with Crippen molar-refractivity contribution in [1.29, 1.82) is 0 Å². The molecule has 1 atom stereocenters. The zero-order chi connectivity index (χ0) is 13.7. The Morgan fingerprint density at radius 1 is 1.42 bits per heavy atom. The van der Waals surface area contributed by atoms with Crippen LogP contribution in [0.4, 0.5) is 0 Å². The van der Waals surface area contributed by atoms with Gasteiger partial charge in [0.1, 0.15) is 5.69 Å². The van der Waals surface area contributed by atoms with Gasteiger partial charge < -0.3 is 14.8 Å². The van der Waals surface area contributed by atoms with Crippen molar-refractivity contribution in [3.05, 3.63) is 18.0 Å². The fraction of sp³-hybridized carbons (Fsp3) is 0.643. The number of rotatable bonds is 5. The molecule has 0 spiro atoms. The number of hydrogen-bond acceptors (Lipinski definition) is 5. The minimum atomic E-state index is 0.574. The van der Waals surface area contributed by atoms with Crippen molar-refractivity contribution in [2.24, 2.45) is 0 Å². The Labute approximate surface area is 114 Å². The van der Waals surface area contributed by atoms with Gasteiger partial charge in [0.05, 0.1) is 14.2 Å². The van der Waals surface area contributed by atoms with Gasteiger partial charge in [-0.2, -0.15) is 0 Å². The first-order valence-electron chi connectivity index (χ1n) is 6.74. The molecule has 1 aliphatic rings. The van der Waals surface area contributed by atoms with Crippen LogP contribution in [-0.4, -0.2) is 50.3 Å². The second-order valence-electron chi connectivity index (χ2n) is 4.86. The van der Waals surface area contributed by atoms with Crippen molar-refractivity contribution in [2.75, 3.05) is 34.4 Å². The maximum Gasteiger partial charge on any atom is 0.183 e. The predicted molar refractivity (Wildman–Crippen MR) is 74.7 cm³/mol. The maximum absolute atomic E-state index is 5.43. The molecule has 0 radical (unpaired) electrons. The highest BCUT2D eigenvalue weighted by Crippen LogP contribution is 2.30. The average molecular weight is 265 g/mol. The van der Waals surface area contributed by atoms with Crippen molar-refractivity contribution in [3.8, 4) is 11.5 Å². The zero-order valence-corrected chi connectivity index (χ0v) is 12.0. The smallest absolute Gasteiger partial charge is 0.183 e. The van der Waals surface area contributed by atoms with Crippen molar-refractivity contribution in [3.63, 3.8) is 0 Å². The lowest BCUT2D eigenvalue weighted by Crippen LogP contribution is -2.44. The lowest BCUT2D eigenvalue weighted by atomic mass is 10.1. The Morgan fingerprint density at radius 3 is 2.95 bits per heavy atom. The first-order chi connectivity index (χ1) is 9.28. The third-order valence-corrected chi connectivity index (χ3v) is 3.65. The van der Waals surface area contributed by atoms with E-state index >= 15 is 0 Å². The minimum absolute atomic E-state index is 0.574. The molecule has 1 aromatic rings. The van der Waals surface area contributed by atoms with Crippen molar-refractivity contribution < 1.29 is 9.47 Å². The second-order valence-corrected chi connectivity index (χ2v) is 4.86. The summed E-state index contributed by atoms with van der Waals surface area (Å²) in [5.41, 5.74) is 0.943. The fourth-order valence-corrected chi connectivity index (χ4v) is 2.61. The Kier molecular flexibility index (Phi) is 4.99. The van der Waals surface area contributed by atoms with Crippen LogP contribution >= 0.6 is 0 Å². The predicted octanol–water partition coefficient (Wildman–Crippen LogP) is 1.28. The molecule has 5 nitrogen and oxygen atoms in total. The van der Waals surface area contributed by atoms with E-state index in [1.807, 2.05) is 13.1 Å². The number of nitrogens with zero attached hydrogens (tertiary/aromatic N) is 2. The summed E-state index contributed by atoms with van der Waals surface area (Å²) >= 11 is 0. The van der Waals surface area contributed by atoms with Gasteiger partial charge in [0, 0.05) is 31.4 Å². The van der Waals surface area contributed by atoms with E-state index in [2.05, 4.69) is 15.2 Å². The summed E-state index contributed by atoms with van der Waals surface area (Å²) in [4.78, 5) is 6.85. The summed E-state index contributed by atoms with van der Waals surface area (Å²) in [5, 5.41) is 3.35. The standard InChI is InChI=1S/C14H23N3O2/c1-15-11-5-4-8-17(9-11)10-12-14(19-3)13(18-2)6-7-16-12/h6-7,11,15H,4-5,8-10H2,1-3H3. The van der Waals surface area contributed by atoms with Gasteiger partial charge in [-0.05, 0) is 26.4 Å². The Balaban J connectivity index is 2.10. The molecule has 0 amide bonds. The lowest BCUT2D eigenvalue weighted by Gasteiger charge is -2.32. The zero-order valence-electron chi connectivity index (χ0n) is 12.0. The second kappa shape index (κ2) is 6.73. The topological polar surface area (TPSA) is 46.6 Å². The van der Waals surface area contributed by atoms with Gasteiger partial charge >= 0.3 is 0 Å². The van der Waals surface area contributed by atoms with E-state index in [0.29, 0.717) is 6.04 Å². The third-order valence-electron chi connectivity index (χ3n) is 3.65. The van der Waals surface area contributed by atoms with E-state index in [1.165, 1.54) is 12.8 Å². The van der Waals surface area contributed by atoms with Crippen molar-refractivity contribution >= 4 is 0 Å². The summed E-state index contributed by atoms with van der Waals surface area (Å²) in [7, 11) is 5.34. The van der Waals surface area contributed by atoms with Crippen LogP contribution < -0.4 is 14.8 Å². The van der Waals surface area contributed by atoms with Crippen LogP contribution in [0, 0.1) is 0 Å². The molecule has 0 bridgehead atoms. The van der Waals surface area contributed by atoms with Crippen LogP contribution in [0.25, 0.3) is 0 Å². The molecule has 1 unspecified atom stereocenters. The largest absolute Gasteiger partial charge is 0.493 e. The van der Waals surface area contributed by atoms with Crippen LogP contribution in [0.2, 0.25) is 0 Å². The number of nitrogens with one attached hydrogen (secondary N) is 1. The van der Waals surface area contributed by atoms with Gasteiger partial charge in [0.15, 0.2) is 11.5 Å². The molecule has 0 saturated carbocycles. The molecule has 1 saturated heterocycles. The molecule has 1 aliphatic heterocycles. The van der Waals surface area contributed by atoms with E-state index in [-0.39, 0.29) is 0 Å². The average Bonchev–Trinajstić information content (AvgIpc) is 2.47. The quantitative estimate of drug-likeness (QED) is 0.869. The van der Waals surface area contributed by atoms with Crippen LogP contribution in [0.1, 0.15) is 18.5 Å². The fourth-order valence-electron chi connectivity index (χ4n) is 2.61. The molecule has 1 fully saturated rings. The molecule has 19 heavy (non-hydrogen) atoms. The first kappa shape index (κ1) is 14.1. The van der Waals surface area contributed by atoms with Gasteiger partial charge in [0.25, 0.3) is 0 Å². The Bertz CT molecular complexity index is 412. The van der Waals surface area contributed by atoms with Gasteiger partial charge in [0.2, 0.25) is 0 Å². The minimum Gasteiger partial charge on any atom is -0.493 e. The molecule has 1 aromatic heterocycles. The molecule has 106 valence electrons. The number of methoxy groups -OCH3 is 2. The summed E-state index contributed by atoms with van der Waals surface area (Å²) in [5.74, 6) is 1.49. The molecule has 5 heteroatoms. The number of hydrogen-bond donors (Lipinski definition) is 1. The van der Waals surface area contributed by atoms with Crippen molar-refractivity contribution in [2.45, 2.75) is 25.4 Å². The highest BCUT2D eigenvalue weighted by atomic mass is 16.5. The van der Waals surface area contributed by atoms with E-state index in [4.69, 9.17) is 9.47 Å². The van der Waals surface area contributed by atoms with Gasteiger partial charge in [-0.15, -0.1) is 0 Å². The molecule has 2 rings (SSSR count). The normalized spacial score (nSPS) is 20.3. The highest BCUT2D eigenvalue weighted by molar-refractivity contribution is 5.42. The Hall–Kier alpha value is -1.33. The van der Waals surface area contributed by atoms with Gasteiger partial charge in [-0.3, -0.25) is 9.88 Å². The highest BCUT2D eigenvalue weighted by Gasteiger charge is 2.21. The van der Waals surface area contributed by atoms with Crippen LogP contribution in [0.15, 0.2) is 12.3 Å². The van der Waals surface area contributed by atoms with Crippen LogP contribution in [0.3, 0.4) is 0 Å². The lowest BCUT2D eigenvalue weighted by molar-refractivity contribution is 0.183. The number of piperidine rings is 1. The molecular weight excluding hydrogens is 242 g/mol. The number of likely N-dealkylation sites (tertiary alicyclic amines) is 1. The molecule has 2 heterocycles. The maximum atomic E-state index is 5.43. The molecule has 0 aliphatic carbocycles. The SMILES string of the molecule is CNC1CCCN(Cc2nccc(OC)c2OC)C1. The molecule has 1 N–H and O–H groups in total. The monoisotopic (exact) mass is 265 g/mol. The van der Waals surface area contributed by atoms with E-state index < -0.39 is 0 Å². The van der Waals surface area contributed by atoms with Gasteiger partial charge in [-0.1, -0.05) is 0 Å². The summed E-state index contributed by atoms with van der Waals surface area (Å²) in [6, 6.07) is 2.40. The number of aromatic nitrogens is 1. The summed E-state index contributed by atoms with van der Waals surface area (Å²) in [6.45, 7) is 2.97. The summed E-state index contributed by atoms with van der Waals surface area (Å²) in [6.07, 6.45) is 4.24. The number of pyridine rings is 1. The summed E-state index contributed by atoms with van der Waals surface area (Å²) < 4.78 is 10.7. The number of ether oxygens (including phenoxy) is 2. The Morgan fingerprint density at radius 2 is 2.26 bits per heavy atom. The van der Waals surface area contributed by atoms with E-state index in [9.17, 15) is 0 Å². The van der Waals surface area contributed by atoms with Crippen LogP contribution in [0.5, 0.6) is 11.5 Å². The third kappa shape index (κ3) is 3.36. The van der Waals surface area contributed by atoms with Gasteiger partial charge in [-0.25, -0.2) is 0 Å². The molecule has 0 aromatic carbocycles. The molecular formula is C14H23N3O2. The van der Waals surface area contributed by atoms with Crippen molar-refractivity contribution in [1.82, 2.24) is 15.2 Å². The first-order valence-corrected chi connectivity index (χ1v) is 6.74. The van der Waals surface area contributed by atoms with E-state index in [1.54, 1.807) is 20.4 Å². The van der Waals surface area contributed by atoms with Crippen LogP contribution in [-0.2, 0) is 6.54 Å².